The van der Waals surface area contributed by atoms with Crippen LogP contribution in [0.25, 0.3) is 0 Å². The Hall–Kier alpha value is 0. The van der Waals surface area contributed by atoms with Crippen LogP contribution in [-0.2, 0) is 0 Å². The van der Waals surface area contributed by atoms with E-state index in [0.717, 1.165) is 23.7 Å². The number of rotatable bonds is 10. The van der Waals surface area contributed by atoms with Crippen molar-refractivity contribution in [2.24, 2.45) is 23.7 Å². The van der Waals surface area contributed by atoms with Crippen molar-refractivity contribution in [3.8, 4) is 0 Å². The summed E-state index contributed by atoms with van der Waals surface area (Å²) in [5.41, 5.74) is 0. The Labute approximate surface area is 111 Å². The minimum Gasteiger partial charge on any atom is -0.0654 e. The summed E-state index contributed by atoms with van der Waals surface area (Å²) in [6.07, 6.45) is 9.87. The van der Waals surface area contributed by atoms with Gasteiger partial charge in [0.25, 0.3) is 0 Å². The maximum atomic E-state index is 2.46. The summed E-state index contributed by atoms with van der Waals surface area (Å²) in [6.45, 7) is 14.3. The van der Waals surface area contributed by atoms with Crippen LogP contribution in [0.3, 0.4) is 0 Å². The molecule has 0 aromatic heterocycles. The molecule has 0 aromatic rings. The number of hydrogen-bond acceptors (Lipinski definition) is 0. The Bertz CT molecular complexity index is 159. The molecule has 0 heterocycles. The molecule has 0 N–H and O–H groups in total. The fourth-order valence-electron chi connectivity index (χ4n) is 2.70. The maximum Gasteiger partial charge on any atom is -0.0386 e. The zero-order valence-electron chi connectivity index (χ0n) is 13.3. The second-order valence-electron chi connectivity index (χ2n) is 6.60. The van der Waals surface area contributed by atoms with Gasteiger partial charge in [0, 0.05) is 0 Å². The minimum absolute atomic E-state index is 0.868. The molecule has 0 amide bonds. The molecule has 0 bridgehead atoms. The summed E-state index contributed by atoms with van der Waals surface area (Å²) in [6, 6.07) is 0. The van der Waals surface area contributed by atoms with Crippen molar-refractivity contribution < 1.29 is 0 Å². The van der Waals surface area contributed by atoms with Crippen molar-refractivity contribution >= 4 is 0 Å². The van der Waals surface area contributed by atoms with Gasteiger partial charge in [0.15, 0.2) is 0 Å². The van der Waals surface area contributed by atoms with Gasteiger partial charge in [-0.1, -0.05) is 73.6 Å². The highest BCUT2D eigenvalue weighted by Crippen LogP contribution is 2.30. The fraction of sp³-hybridized carbons (Fsp3) is 1.00. The zero-order chi connectivity index (χ0) is 13.3. The zero-order valence-corrected chi connectivity index (χ0v) is 13.3. The highest BCUT2D eigenvalue weighted by molar-refractivity contribution is 4.70. The van der Waals surface area contributed by atoms with Gasteiger partial charge in [-0.2, -0.15) is 0 Å². The molecule has 0 aliphatic carbocycles. The average Bonchev–Trinajstić information content (AvgIpc) is 2.30. The fourth-order valence-corrected chi connectivity index (χ4v) is 2.70. The van der Waals surface area contributed by atoms with E-state index in [1.165, 1.54) is 44.9 Å². The monoisotopic (exact) mass is 240 g/mol. The third-order valence-corrected chi connectivity index (χ3v) is 4.32. The van der Waals surface area contributed by atoms with E-state index in [4.69, 9.17) is 0 Å². The molecule has 3 atom stereocenters. The molecule has 0 saturated heterocycles. The lowest BCUT2D eigenvalue weighted by molar-refractivity contribution is 0.246. The summed E-state index contributed by atoms with van der Waals surface area (Å²) in [5.74, 6) is 3.68. The molecule has 0 aromatic carbocycles. The van der Waals surface area contributed by atoms with Crippen LogP contribution >= 0.6 is 0 Å². The van der Waals surface area contributed by atoms with E-state index in [2.05, 4.69) is 41.5 Å². The number of hydrogen-bond donors (Lipinski definition) is 0. The van der Waals surface area contributed by atoms with Gasteiger partial charge >= 0.3 is 0 Å². The van der Waals surface area contributed by atoms with E-state index >= 15 is 0 Å². The Balaban J connectivity index is 4.08. The Kier molecular flexibility index (Phi) is 9.97. The summed E-state index contributed by atoms with van der Waals surface area (Å²) >= 11 is 0. The van der Waals surface area contributed by atoms with Gasteiger partial charge in [0.05, 0.1) is 0 Å². The van der Waals surface area contributed by atoms with Gasteiger partial charge in [-0.3, -0.25) is 0 Å². The molecule has 0 spiro atoms. The van der Waals surface area contributed by atoms with Crippen LogP contribution in [0.4, 0.5) is 0 Å². The van der Waals surface area contributed by atoms with E-state index in [0.29, 0.717) is 0 Å². The second kappa shape index (κ2) is 9.97. The highest BCUT2D eigenvalue weighted by atomic mass is 14.2. The average molecular weight is 240 g/mol. The first kappa shape index (κ1) is 17.0. The molecule has 0 radical (unpaired) electrons. The van der Waals surface area contributed by atoms with Gasteiger partial charge in [-0.25, -0.2) is 0 Å². The lowest BCUT2D eigenvalue weighted by atomic mass is 9.79. The largest absolute Gasteiger partial charge is 0.0654 e. The van der Waals surface area contributed by atoms with Crippen molar-refractivity contribution in [2.75, 3.05) is 0 Å². The third kappa shape index (κ3) is 8.69. The van der Waals surface area contributed by atoms with E-state index < -0.39 is 0 Å². The van der Waals surface area contributed by atoms with E-state index in [9.17, 15) is 0 Å². The van der Waals surface area contributed by atoms with Gasteiger partial charge in [-0.15, -0.1) is 0 Å². The first-order valence-corrected chi connectivity index (χ1v) is 8.01. The maximum absolute atomic E-state index is 2.46. The van der Waals surface area contributed by atoms with Crippen LogP contribution in [0.15, 0.2) is 0 Å². The normalized spacial score (nSPS) is 17.1. The van der Waals surface area contributed by atoms with Crippen LogP contribution in [0.5, 0.6) is 0 Å². The molecule has 17 heavy (non-hydrogen) atoms. The van der Waals surface area contributed by atoms with E-state index in [1.807, 2.05) is 0 Å². The SMILES string of the molecule is CCCCC(C)CC(CCC(C)C)C(C)CC. The summed E-state index contributed by atoms with van der Waals surface area (Å²) in [7, 11) is 0. The quantitative estimate of drug-likeness (QED) is 0.420. The first-order chi connectivity index (χ1) is 8.01. The van der Waals surface area contributed by atoms with Crippen molar-refractivity contribution in [1.82, 2.24) is 0 Å². The van der Waals surface area contributed by atoms with Gasteiger partial charge in [-0.05, 0) is 36.5 Å². The lowest BCUT2D eigenvalue weighted by Crippen LogP contribution is -2.15. The van der Waals surface area contributed by atoms with Crippen LogP contribution < -0.4 is 0 Å². The molecular weight excluding hydrogens is 204 g/mol. The molecule has 0 saturated carbocycles. The first-order valence-electron chi connectivity index (χ1n) is 8.01. The summed E-state index contributed by atoms with van der Waals surface area (Å²) < 4.78 is 0. The van der Waals surface area contributed by atoms with E-state index in [-0.39, 0.29) is 0 Å². The van der Waals surface area contributed by atoms with Crippen molar-refractivity contribution in [2.45, 2.75) is 86.5 Å². The molecule has 3 unspecified atom stereocenters. The smallest absolute Gasteiger partial charge is 0.0386 e. The predicted octanol–water partition coefficient (Wildman–Crippen LogP) is 6.30. The lowest BCUT2D eigenvalue weighted by Gasteiger charge is -2.27. The Morgan fingerprint density at radius 2 is 1.47 bits per heavy atom. The molecule has 0 aliphatic heterocycles. The topological polar surface area (TPSA) is 0 Å². The standard InChI is InChI=1S/C17H36/c1-7-9-10-15(5)13-17(16(6)8-2)12-11-14(3)4/h14-17H,7-13H2,1-6H3. The van der Waals surface area contributed by atoms with Crippen LogP contribution in [0.1, 0.15) is 86.5 Å². The molecule has 0 nitrogen and oxygen atoms in total. The molecule has 0 aliphatic rings. The predicted molar refractivity (Wildman–Crippen MR) is 80.3 cm³/mol. The van der Waals surface area contributed by atoms with Crippen molar-refractivity contribution in [1.29, 1.82) is 0 Å². The molecule has 104 valence electrons. The van der Waals surface area contributed by atoms with Crippen molar-refractivity contribution in [3.05, 3.63) is 0 Å². The third-order valence-electron chi connectivity index (χ3n) is 4.32. The van der Waals surface area contributed by atoms with Gasteiger partial charge in [0.2, 0.25) is 0 Å². The minimum atomic E-state index is 0.868. The van der Waals surface area contributed by atoms with Crippen LogP contribution in [0, 0.1) is 23.7 Å². The second-order valence-corrected chi connectivity index (χ2v) is 6.60. The molecule has 0 fully saturated rings. The highest BCUT2D eigenvalue weighted by Gasteiger charge is 2.18. The Morgan fingerprint density at radius 1 is 0.824 bits per heavy atom. The number of unbranched alkanes of at least 4 members (excludes halogenated alkanes) is 1. The molecule has 0 rings (SSSR count). The van der Waals surface area contributed by atoms with Crippen molar-refractivity contribution in [3.63, 3.8) is 0 Å². The Morgan fingerprint density at radius 3 is 1.94 bits per heavy atom. The van der Waals surface area contributed by atoms with Gasteiger partial charge < -0.3 is 0 Å². The summed E-state index contributed by atoms with van der Waals surface area (Å²) in [4.78, 5) is 0. The molecular formula is C17H36. The summed E-state index contributed by atoms with van der Waals surface area (Å²) in [5, 5.41) is 0. The van der Waals surface area contributed by atoms with Crippen LogP contribution in [-0.4, -0.2) is 0 Å². The van der Waals surface area contributed by atoms with Crippen LogP contribution in [0.2, 0.25) is 0 Å². The van der Waals surface area contributed by atoms with E-state index in [1.54, 1.807) is 0 Å². The molecule has 0 heteroatoms. The van der Waals surface area contributed by atoms with Gasteiger partial charge in [0.1, 0.15) is 0 Å².